The van der Waals surface area contributed by atoms with Gasteiger partial charge in [0.05, 0.1) is 6.04 Å². The molecule has 5 N–H and O–H groups in total. The monoisotopic (exact) mass is 192 g/mol. The number of hydrogen-bond acceptors (Lipinski definition) is 3. The zero-order valence-corrected chi connectivity index (χ0v) is 7.34. The van der Waals surface area contributed by atoms with Crippen LogP contribution in [0, 0.1) is 5.41 Å². The van der Waals surface area contributed by atoms with Crippen LogP contribution in [0.1, 0.15) is 12.8 Å². The van der Waals surface area contributed by atoms with Crippen molar-refractivity contribution < 1.29 is 8.42 Å². The standard InChI is InChI=1S/C5H12N4O2S/c6-5(7)4-2-1-3-9(4)12(8,10)11/h4H,1-3H2,(H3,6,7)(H2,8,10,11). The molecule has 0 spiro atoms. The lowest BCUT2D eigenvalue weighted by atomic mass is 10.2. The molecule has 0 aromatic heterocycles. The van der Waals surface area contributed by atoms with E-state index in [1.165, 1.54) is 0 Å². The van der Waals surface area contributed by atoms with Crippen LogP contribution in [0.4, 0.5) is 0 Å². The quantitative estimate of drug-likeness (QED) is 0.369. The normalized spacial score (nSPS) is 25.9. The van der Waals surface area contributed by atoms with Crippen molar-refractivity contribution in [2.45, 2.75) is 18.9 Å². The Kier molecular flexibility index (Phi) is 2.36. The van der Waals surface area contributed by atoms with Crippen LogP contribution >= 0.6 is 0 Å². The minimum atomic E-state index is -3.68. The maximum Gasteiger partial charge on any atom is 0.277 e. The first-order valence-electron chi connectivity index (χ1n) is 3.56. The van der Waals surface area contributed by atoms with E-state index in [1.54, 1.807) is 0 Å². The van der Waals surface area contributed by atoms with Gasteiger partial charge in [0, 0.05) is 6.54 Å². The van der Waals surface area contributed by atoms with Gasteiger partial charge in [0.25, 0.3) is 10.2 Å². The lowest BCUT2D eigenvalue weighted by molar-refractivity contribution is 0.444. The fourth-order valence-corrected chi connectivity index (χ4v) is 2.31. The highest BCUT2D eigenvalue weighted by Crippen LogP contribution is 2.18. The van der Waals surface area contributed by atoms with E-state index >= 15 is 0 Å². The van der Waals surface area contributed by atoms with Gasteiger partial charge in [-0.25, -0.2) is 5.14 Å². The fourth-order valence-electron chi connectivity index (χ4n) is 1.36. The van der Waals surface area contributed by atoms with Crippen molar-refractivity contribution in [3.05, 3.63) is 0 Å². The van der Waals surface area contributed by atoms with E-state index in [1.807, 2.05) is 0 Å². The summed E-state index contributed by atoms with van der Waals surface area (Å²) in [6.07, 6.45) is 1.30. The van der Waals surface area contributed by atoms with Crippen molar-refractivity contribution in [1.29, 1.82) is 5.41 Å². The van der Waals surface area contributed by atoms with Gasteiger partial charge in [0.1, 0.15) is 5.84 Å². The van der Waals surface area contributed by atoms with E-state index in [2.05, 4.69) is 0 Å². The second kappa shape index (κ2) is 3.00. The van der Waals surface area contributed by atoms with Gasteiger partial charge in [-0.1, -0.05) is 0 Å². The first-order valence-corrected chi connectivity index (χ1v) is 5.06. The molecule has 0 radical (unpaired) electrons. The Morgan fingerprint density at radius 3 is 2.50 bits per heavy atom. The Bertz CT molecular complexity index is 286. The minimum Gasteiger partial charge on any atom is -0.386 e. The highest BCUT2D eigenvalue weighted by molar-refractivity contribution is 7.86. The van der Waals surface area contributed by atoms with Gasteiger partial charge in [0.2, 0.25) is 0 Å². The maximum atomic E-state index is 10.9. The molecule has 0 aromatic carbocycles. The van der Waals surface area contributed by atoms with Gasteiger partial charge in [0.15, 0.2) is 0 Å². The molecule has 1 aliphatic rings. The highest BCUT2D eigenvalue weighted by Gasteiger charge is 2.33. The third kappa shape index (κ3) is 1.74. The third-order valence-electron chi connectivity index (χ3n) is 1.89. The lowest BCUT2D eigenvalue weighted by Crippen LogP contribution is -2.46. The fraction of sp³-hybridized carbons (Fsp3) is 0.800. The molecule has 0 aliphatic carbocycles. The summed E-state index contributed by atoms with van der Waals surface area (Å²) in [4.78, 5) is 0. The molecule has 0 aromatic rings. The van der Waals surface area contributed by atoms with Gasteiger partial charge in [-0.15, -0.1) is 0 Å². The summed E-state index contributed by atoms with van der Waals surface area (Å²) < 4.78 is 22.9. The molecule has 1 fully saturated rings. The third-order valence-corrected chi connectivity index (χ3v) is 2.98. The Balaban J connectivity index is 2.85. The molecule has 1 aliphatic heterocycles. The first-order chi connectivity index (χ1) is 5.43. The highest BCUT2D eigenvalue weighted by atomic mass is 32.2. The SMILES string of the molecule is N=C(N)C1CCCN1S(N)(=O)=O. The Labute approximate surface area is 71.2 Å². The van der Waals surface area contributed by atoms with Crippen LogP contribution in [0.15, 0.2) is 0 Å². The summed E-state index contributed by atoms with van der Waals surface area (Å²) >= 11 is 0. The molecule has 0 saturated carbocycles. The molecule has 1 unspecified atom stereocenters. The van der Waals surface area contributed by atoms with Crippen molar-refractivity contribution >= 4 is 16.0 Å². The second-order valence-corrected chi connectivity index (χ2v) is 4.27. The average molecular weight is 192 g/mol. The van der Waals surface area contributed by atoms with E-state index in [0.29, 0.717) is 19.4 Å². The molecule has 12 heavy (non-hydrogen) atoms. The molecule has 1 rings (SSSR count). The van der Waals surface area contributed by atoms with Gasteiger partial charge >= 0.3 is 0 Å². The predicted octanol–water partition coefficient (Wildman–Crippen LogP) is -1.41. The predicted molar refractivity (Wildman–Crippen MR) is 44.7 cm³/mol. The molecular formula is C5H12N4O2S. The number of rotatable bonds is 2. The van der Waals surface area contributed by atoms with E-state index in [-0.39, 0.29) is 5.84 Å². The number of amidine groups is 1. The van der Waals surface area contributed by atoms with Gasteiger partial charge in [-0.05, 0) is 12.8 Å². The van der Waals surface area contributed by atoms with Crippen LogP contribution in [-0.2, 0) is 10.2 Å². The van der Waals surface area contributed by atoms with Crippen LogP contribution in [-0.4, -0.2) is 31.1 Å². The van der Waals surface area contributed by atoms with Crippen molar-refractivity contribution in [3.8, 4) is 0 Å². The second-order valence-electron chi connectivity index (χ2n) is 2.77. The topological polar surface area (TPSA) is 113 Å². The lowest BCUT2D eigenvalue weighted by Gasteiger charge is -2.19. The Hall–Kier alpha value is -0.660. The van der Waals surface area contributed by atoms with E-state index < -0.39 is 16.3 Å². The van der Waals surface area contributed by atoms with Crippen molar-refractivity contribution in [2.24, 2.45) is 10.9 Å². The molecule has 1 saturated heterocycles. The number of nitrogens with zero attached hydrogens (tertiary/aromatic N) is 1. The number of nitrogens with one attached hydrogen (secondary N) is 1. The molecule has 7 heteroatoms. The summed E-state index contributed by atoms with van der Waals surface area (Å²) in [6, 6.07) is -0.528. The molecule has 1 atom stereocenters. The van der Waals surface area contributed by atoms with Gasteiger partial charge in [-0.2, -0.15) is 12.7 Å². The molecule has 70 valence electrons. The van der Waals surface area contributed by atoms with Crippen molar-refractivity contribution in [2.75, 3.05) is 6.54 Å². The number of hydrogen-bond donors (Lipinski definition) is 3. The van der Waals surface area contributed by atoms with Crippen LogP contribution in [0.2, 0.25) is 0 Å². The largest absolute Gasteiger partial charge is 0.386 e. The van der Waals surface area contributed by atoms with Crippen LogP contribution in [0.3, 0.4) is 0 Å². The van der Waals surface area contributed by atoms with Gasteiger partial charge in [-0.3, -0.25) is 5.41 Å². The Morgan fingerprint density at radius 1 is 1.58 bits per heavy atom. The summed E-state index contributed by atoms with van der Waals surface area (Å²) in [5.41, 5.74) is 5.21. The smallest absolute Gasteiger partial charge is 0.277 e. The first kappa shape index (κ1) is 9.43. The van der Waals surface area contributed by atoms with Gasteiger partial charge < -0.3 is 5.73 Å². The zero-order chi connectivity index (χ0) is 9.35. The Morgan fingerprint density at radius 2 is 2.17 bits per heavy atom. The molecular weight excluding hydrogens is 180 g/mol. The minimum absolute atomic E-state index is 0.137. The van der Waals surface area contributed by atoms with Crippen molar-refractivity contribution in [3.63, 3.8) is 0 Å². The number of nitrogens with two attached hydrogens (primary N) is 2. The van der Waals surface area contributed by atoms with Crippen LogP contribution in [0.5, 0.6) is 0 Å². The zero-order valence-electron chi connectivity index (χ0n) is 6.53. The average Bonchev–Trinajstić information content (AvgIpc) is 2.30. The van der Waals surface area contributed by atoms with E-state index in [9.17, 15) is 8.42 Å². The molecule has 0 bridgehead atoms. The molecule has 1 heterocycles. The van der Waals surface area contributed by atoms with E-state index in [4.69, 9.17) is 16.3 Å². The maximum absolute atomic E-state index is 10.9. The molecule has 6 nitrogen and oxygen atoms in total. The van der Waals surface area contributed by atoms with Crippen LogP contribution < -0.4 is 10.9 Å². The van der Waals surface area contributed by atoms with Crippen LogP contribution in [0.25, 0.3) is 0 Å². The molecule has 0 amide bonds. The summed E-state index contributed by atoms with van der Waals surface area (Å²) in [7, 11) is -3.68. The summed E-state index contributed by atoms with van der Waals surface area (Å²) in [5.74, 6) is -0.137. The van der Waals surface area contributed by atoms with E-state index in [0.717, 1.165) is 4.31 Å². The van der Waals surface area contributed by atoms with Crippen molar-refractivity contribution in [1.82, 2.24) is 4.31 Å². The summed E-state index contributed by atoms with van der Waals surface area (Å²) in [5, 5.41) is 12.0. The summed E-state index contributed by atoms with van der Waals surface area (Å²) in [6.45, 7) is 0.364.